The standard InChI is InChI=1S/C24H23FN6O5/c1-24-21(32)26-8-3-9-35-18-7-5-14(11-19(18)34-2)29-23-27-12-15(25)20(31-23)28-13-4-6-17(36-24)16(10-13)30-22(24)33/h4-7,10-12H,3,8-9H2,1-2H3,(H,26,32)(H,30,33)(H2,27,28,29,31). The second-order valence-corrected chi connectivity index (χ2v) is 8.26. The van der Waals surface area contributed by atoms with E-state index in [-0.39, 0.29) is 24.9 Å². The summed E-state index contributed by atoms with van der Waals surface area (Å²) in [5.74, 6) is -0.565. The van der Waals surface area contributed by atoms with Gasteiger partial charge in [0.1, 0.15) is 5.75 Å². The maximum atomic E-state index is 14.5. The van der Waals surface area contributed by atoms with Gasteiger partial charge in [-0.2, -0.15) is 4.98 Å². The van der Waals surface area contributed by atoms with Crippen molar-refractivity contribution in [2.24, 2.45) is 0 Å². The Morgan fingerprint density at radius 3 is 2.61 bits per heavy atom. The van der Waals surface area contributed by atoms with Crippen molar-refractivity contribution in [3.05, 3.63) is 48.4 Å². The van der Waals surface area contributed by atoms with Crippen LogP contribution in [0.4, 0.5) is 33.2 Å². The number of hydrogen-bond donors (Lipinski definition) is 4. The van der Waals surface area contributed by atoms with E-state index in [4.69, 9.17) is 14.2 Å². The van der Waals surface area contributed by atoms with Crippen molar-refractivity contribution < 1.29 is 28.2 Å². The van der Waals surface area contributed by atoms with Gasteiger partial charge in [-0.15, -0.1) is 0 Å². The molecule has 186 valence electrons. The van der Waals surface area contributed by atoms with E-state index < -0.39 is 23.2 Å². The van der Waals surface area contributed by atoms with Crippen LogP contribution in [0.25, 0.3) is 0 Å². The normalized spacial score (nSPS) is 19.1. The molecular weight excluding hydrogens is 471 g/mol. The van der Waals surface area contributed by atoms with E-state index >= 15 is 0 Å². The zero-order valence-corrected chi connectivity index (χ0v) is 19.5. The summed E-state index contributed by atoms with van der Waals surface area (Å²) in [6, 6.07) is 9.91. The van der Waals surface area contributed by atoms with Crippen molar-refractivity contribution in [1.29, 1.82) is 0 Å². The highest BCUT2D eigenvalue weighted by atomic mass is 19.1. The van der Waals surface area contributed by atoms with Crippen LogP contribution in [0.2, 0.25) is 0 Å². The number of carbonyl (C=O) groups excluding carboxylic acids is 2. The van der Waals surface area contributed by atoms with Crippen LogP contribution in [0.5, 0.6) is 17.2 Å². The molecule has 0 aliphatic carbocycles. The highest BCUT2D eigenvalue weighted by molar-refractivity contribution is 6.15. The van der Waals surface area contributed by atoms with Crippen LogP contribution in [0, 0.1) is 5.82 Å². The minimum Gasteiger partial charge on any atom is -0.493 e. The Balaban J connectivity index is 1.51. The molecule has 0 saturated carbocycles. The molecule has 12 heteroatoms. The molecule has 0 fully saturated rings. The summed E-state index contributed by atoms with van der Waals surface area (Å²) in [5.41, 5.74) is -0.399. The molecule has 2 amide bonds. The SMILES string of the molecule is COc1cc2ccc1OCCCNC(=O)C1(C)Oc3ccc(cc3NC1=O)Nc1nc(ncc1F)N2. The number of aromatic nitrogens is 2. The fourth-order valence-corrected chi connectivity index (χ4v) is 3.72. The van der Waals surface area contributed by atoms with Gasteiger partial charge in [0.15, 0.2) is 23.1 Å². The summed E-state index contributed by atoms with van der Waals surface area (Å²) < 4.78 is 31.5. The molecule has 0 spiro atoms. The Hall–Kier alpha value is -4.61. The molecule has 1 atom stereocenters. The third-order valence-electron chi connectivity index (χ3n) is 5.70. The molecule has 2 aromatic carbocycles. The molecule has 7 aliphatic rings. The Bertz CT molecular complexity index is 1350. The summed E-state index contributed by atoms with van der Waals surface area (Å²) in [7, 11) is 1.51. The van der Waals surface area contributed by atoms with Crippen LogP contribution in [-0.2, 0) is 9.59 Å². The first-order valence-corrected chi connectivity index (χ1v) is 11.2. The van der Waals surface area contributed by atoms with E-state index in [1.807, 2.05) is 0 Å². The molecule has 1 unspecified atom stereocenters. The van der Waals surface area contributed by atoms with E-state index in [0.717, 1.165) is 6.20 Å². The van der Waals surface area contributed by atoms with E-state index in [0.29, 0.717) is 40.7 Å². The number of benzene rings is 2. The molecule has 4 N–H and O–H groups in total. The number of anilines is 5. The zero-order valence-electron chi connectivity index (χ0n) is 19.5. The molecule has 10 rings (SSSR count). The number of carbonyl (C=O) groups is 2. The van der Waals surface area contributed by atoms with Crippen LogP contribution < -0.4 is 35.5 Å². The molecule has 11 nitrogen and oxygen atoms in total. The Morgan fingerprint density at radius 2 is 1.81 bits per heavy atom. The molecule has 1 aromatic heterocycles. The lowest BCUT2D eigenvalue weighted by Crippen LogP contribution is -2.58. The van der Waals surface area contributed by atoms with E-state index in [1.54, 1.807) is 36.4 Å². The van der Waals surface area contributed by atoms with Gasteiger partial charge in [0, 0.05) is 24.0 Å². The van der Waals surface area contributed by atoms with Crippen LogP contribution >= 0.6 is 0 Å². The first kappa shape index (κ1) is 23.1. The quantitative estimate of drug-likeness (QED) is 0.376. The lowest BCUT2D eigenvalue weighted by Gasteiger charge is -2.33. The molecule has 8 bridgehead atoms. The lowest BCUT2D eigenvalue weighted by atomic mass is 10.0. The second kappa shape index (κ2) is 9.21. The molecule has 7 aliphatic heterocycles. The van der Waals surface area contributed by atoms with E-state index in [1.165, 1.54) is 14.0 Å². The van der Waals surface area contributed by atoms with Crippen molar-refractivity contribution >= 4 is 40.6 Å². The number of nitrogens with zero attached hydrogens (tertiary/aromatic N) is 2. The van der Waals surface area contributed by atoms with Gasteiger partial charge in [-0.3, -0.25) is 9.59 Å². The first-order valence-electron chi connectivity index (χ1n) is 11.2. The van der Waals surface area contributed by atoms with Crippen molar-refractivity contribution in [3.63, 3.8) is 0 Å². The van der Waals surface area contributed by atoms with Gasteiger partial charge in [0.05, 0.1) is 25.6 Å². The number of nitrogens with one attached hydrogen (secondary N) is 4. The van der Waals surface area contributed by atoms with Crippen molar-refractivity contribution in [2.45, 2.75) is 18.9 Å². The predicted octanol–water partition coefficient (Wildman–Crippen LogP) is 3.10. The van der Waals surface area contributed by atoms with Gasteiger partial charge in [0.25, 0.3) is 17.4 Å². The van der Waals surface area contributed by atoms with Crippen LogP contribution in [-0.4, -0.2) is 47.6 Å². The fourth-order valence-electron chi connectivity index (χ4n) is 3.72. The largest absolute Gasteiger partial charge is 0.493 e. The van der Waals surface area contributed by atoms with Gasteiger partial charge in [-0.1, -0.05) is 0 Å². The van der Waals surface area contributed by atoms with Crippen LogP contribution in [0.15, 0.2) is 42.6 Å². The van der Waals surface area contributed by atoms with Crippen molar-refractivity contribution in [2.75, 3.05) is 36.2 Å². The van der Waals surface area contributed by atoms with Crippen molar-refractivity contribution in [1.82, 2.24) is 15.3 Å². The Kier molecular flexibility index (Phi) is 5.92. The highest BCUT2D eigenvalue weighted by Gasteiger charge is 2.47. The smallest absolute Gasteiger partial charge is 0.278 e. The van der Waals surface area contributed by atoms with Crippen LogP contribution in [0.1, 0.15) is 13.3 Å². The minimum atomic E-state index is -1.76. The Morgan fingerprint density at radius 1 is 1.03 bits per heavy atom. The van der Waals surface area contributed by atoms with Gasteiger partial charge in [0.2, 0.25) is 5.95 Å². The second-order valence-electron chi connectivity index (χ2n) is 8.26. The van der Waals surface area contributed by atoms with Crippen molar-refractivity contribution in [3.8, 4) is 17.2 Å². The molecule has 0 saturated heterocycles. The predicted molar refractivity (Wildman–Crippen MR) is 129 cm³/mol. The van der Waals surface area contributed by atoms with Gasteiger partial charge in [-0.25, -0.2) is 9.37 Å². The molecule has 0 radical (unpaired) electrons. The lowest BCUT2D eigenvalue weighted by molar-refractivity contribution is -0.146. The monoisotopic (exact) mass is 494 g/mol. The van der Waals surface area contributed by atoms with Gasteiger partial charge in [-0.05, 0) is 43.7 Å². The van der Waals surface area contributed by atoms with Gasteiger partial charge < -0.3 is 35.5 Å². The average Bonchev–Trinajstić information content (AvgIpc) is 2.86. The van der Waals surface area contributed by atoms with E-state index in [2.05, 4.69) is 31.2 Å². The molecular formula is C24H23FN6O5. The third-order valence-corrected chi connectivity index (χ3v) is 5.70. The summed E-state index contributed by atoms with van der Waals surface area (Å²) in [4.78, 5) is 33.8. The number of rotatable bonds is 1. The molecule has 3 aromatic rings. The number of halogens is 1. The number of methoxy groups -OCH3 is 1. The number of amides is 2. The fraction of sp³-hybridized carbons (Fsp3) is 0.250. The maximum absolute atomic E-state index is 14.5. The van der Waals surface area contributed by atoms with Crippen LogP contribution in [0.3, 0.4) is 0 Å². The third kappa shape index (κ3) is 4.40. The summed E-state index contributed by atoms with van der Waals surface area (Å²) in [6.45, 7) is 1.95. The summed E-state index contributed by atoms with van der Waals surface area (Å²) >= 11 is 0. The Labute approximate surface area is 205 Å². The van der Waals surface area contributed by atoms with Gasteiger partial charge >= 0.3 is 0 Å². The minimum absolute atomic E-state index is 0.0856. The average molecular weight is 494 g/mol. The topological polar surface area (TPSA) is 136 Å². The summed E-state index contributed by atoms with van der Waals surface area (Å²) in [6.07, 6.45) is 1.51. The summed E-state index contributed by atoms with van der Waals surface area (Å²) in [5, 5.41) is 11.3. The molecule has 8 heterocycles. The highest BCUT2D eigenvalue weighted by Crippen LogP contribution is 2.37. The maximum Gasteiger partial charge on any atom is 0.278 e. The zero-order chi connectivity index (χ0) is 25.3. The van der Waals surface area contributed by atoms with E-state index in [9.17, 15) is 14.0 Å². The number of hydrogen-bond acceptors (Lipinski definition) is 9. The number of ether oxygens (including phenoxy) is 3. The first-order chi connectivity index (χ1) is 17.4. The molecule has 36 heavy (non-hydrogen) atoms.